The van der Waals surface area contributed by atoms with Crippen molar-refractivity contribution >= 4 is 5.97 Å². The lowest BCUT2D eigenvalue weighted by Crippen LogP contribution is -2.71. The number of carboxylic acid groups (broad SMARTS) is 1. The lowest BCUT2D eigenvalue weighted by Gasteiger charge is -2.72. The summed E-state index contributed by atoms with van der Waals surface area (Å²) in [7, 11) is 0. The number of rotatable bonds is 2. The van der Waals surface area contributed by atoms with Gasteiger partial charge >= 0.3 is 5.97 Å². The number of fused-ring (bicyclic) bond motifs is 7. The van der Waals surface area contributed by atoms with Crippen LogP contribution in [0.4, 0.5) is 0 Å². The van der Waals surface area contributed by atoms with E-state index in [1.54, 1.807) is 0 Å². The SMILES string of the molecule is CC1(C)CC2C3=CCC4[C@@]5(C)CC[C@H](O)C(C)(C)C5CC[C@@]4(C)[C@]3(C)C[C@@H](O)[C@@]2(CC(=O)O)[C@@H](O)[C@@H]1O. The highest BCUT2D eigenvalue weighted by atomic mass is 16.4. The summed E-state index contributed by atoms with van der Waals surface area (Å²) >= 11 is 0. The fraction of sp³-hybridized carbons (Fsp3) is 0.903. The first-order valence-electron chi connectivity index (χ1n) is 14.5. The Morgan fingerprint density at radius 2 is 1.51 bits per heavy atom. The Balaban J connectivity index is 1.65. The van der Waals surface area contributed by atoms with E-state index < -0.39 is 35.1 Å². The van der Waals surface area contributed by atoms with E-state index >= 15 is 0 Å². The molecule has 0 aromatic carbocycles. The highest BCUT2D eigenvalue weighted by molar-refractivity contribution is 5.68. The molecule has 0 aromatic rings. The molecule has 5 rings (SSSR count). The molecule has 5 aliphatic carbocycles. The van der Waals surface area contributed by atoms with Crippen LogP contribution in [0, 0.1) is 50.2 Å². The van der Waals surface area contributed by atoms with Gasteiger partial charge in [-0.3, -0.25) is 4.79 Å². The number of carboxylic acids is 1. The number of allylic oxidation sites excluding steroid dienone is 2. The summed E-state index contributed by atoms with van der Waals surface area (Å²) in [5, 5.41) is 55.3. The second-order valence-corrected chi connectivity index (χ2v) is 15.7. The second kappa shape index (κ2) is 8.05. The molecule has 11 atom stereocenters. The third kappa shape index (κ3) is 3.28. The first-order valence-corrected chi connectivity index (χ1v) is 14.5. The third-order valence-corrected chi connectivity index (χ3v) is 13.6. The summed E-state index contributed by atoms with van der Waals surface area (Å²) in [6.07, 6.45) is 3.95. The van der Waals surface area contributed by atoms with Crippen LogP contribution in [0.2, 0.25) is 0 Å². The molecular formula is C31H50O6. The predicted octanol–water partition coefficient (Wildman–Crippen LogP) is 4.54. The first kappa shape index (κ1) is 27.6. The molecule has 210 valence electrons. The zero-order valence-corrected chi connectivity index (χ0v) is 23.9. The van der Waals surface area contributed by atoms with Crippen molar-refractivity contribution in [2.45, 2.75) is 124 Å². The fourth-order valence-corrected chi connectivity index (χ4v) is 11.2. The number of aliphatic carboxylic acids is 1. The van der Waals surface area contributed by atoms with E-state index in [1.165, 1.54) is 5.57 Å². The number of aliphatic hydroxyl groups excluding tert-OH is 4. The maximum absolute atomic E-state index is 12.2. The van der Waals surface area contributed by atoms with Gasteiger partial charge in [0.25, 0.3) is 0 Å². The highest BCUT2D eigenvalue weighted by Crippen LogP contribution is 2.76. The number of hydrogen-bond donors (Lipinski definition) is 5. The van der Waals surface area contributed by atoms with Gasteiger partial charge < -0.3 is 25.5 Å². The van der Waals surface area contributed by atoms with Crippen molar-refractivity contribution in [1.29, 1.82) is 0 Å². The van der Waals surface area contributed by atoms with Crippen LogP contribution in [0.5, 0.6) is 0 Å². The largest absolute Gasteiger partial charge is 0.481 e. The van der Waals surface area contributed by atoms with E-state index in [9.17, 15) is 30.3 Å². The van der Waals surface area contributed by atoms with Gasteiger partial charge in [-0.05, 0) is 89.8 Å². The van der Waals surface area contributed by atoms with Crippen molar-refractivity contribution in [3.8, 4) is 0 Å². The molecule has 5 N–H and O–H groups in total. The standard InChI is InChI=1S/C31H50O6/c1-26(2)14-18-17-8-9-20-28(5)12-11-21(32)27(3,4)19(28)10-13-29(20,6)30(17,7)15-22(33)31(18,16-23(34)35)25(37)24(26)36/h8,18-22,24-25,32-33,36-37H,9-16H2,1-7H3,(H,34,35)/t18?,19?,20?,21-,22+,24-,25-,28-,29+,30+,31-/m0/s1. The van der Waals surface area contributed by atoms with Crippen LogP contribution in [-0.4, -0.2) is 55.9 Å². The van der Waals surface area contributed by atoms with Crippen molar-refractivity contribution in [2.24, 2.45) is 50.2 Å². The molecule has 0 spiro atoms. The molecular weight excluding hydrogens is 468 g/mol. The lowest BCUT2D eigenvalue weighted by molar-refractivity contribution is -0.251. The third-order valence-electron chi connectivity index (χ3n) is 13.6. The predicted molar refractivity (Wildman–Crippen MR) is 141 cm³/mol. The molecule has 0 bridgehead atoms. The maximum Gasteiger partial charge on any atom is 0.304 e. The molecule has 6 heteroatoms. The highest BCUT2D eigenvalue weighted by Gasteiger charge is 2.72. The Morgan fingerprint density at radius 1 is 0.865 bits per heavy atom. The monoisotopic (exact) mass is 518 g/mol. The van der Waals surface area contributed by atoms with Crippen molar-refractivity contribution in [2.75, 3.05) is 0 Å². The molecule has 0 saturated heterocycles. The summed E-state index contributed by atoms with van der Waals surface area (Å²) in [6, 6.07) is 0. The molecule has 0 radical (unpaired) electrons. The van der Waals surface area contributed by atoms with Gasteiger partial charge in [0, 0.05) is 5.41 Å². The van der Waals surface area contributed by atoms with Crippen molar-refractivity contribution in [1.82, 2.24) is 0 Å². The number of carbonyl (C=O) groups is 1. The van der Waals surface area contributed by atoms with Crippen LogP contribution >= 0.6 is 0 Å². The molecule has 3 unspecified atom stereocenters. The maximum atomic E-state index is 12.2. The zero-order chi connectivity index (χ0) is 27.6. The van der Waals surface area contributed by atoms with Gasteiger partial charge in [-0.15, -0.1) is 0 Å². The Kier molecular flexibility index (Phi) is 6.01. The van der Waals surface area contributed by atoms with E-state index in [2.05, 4.69) is 40.7 Å². The van der Waals surface area contributed by atoms with Crippen LogP contribution in [0.3, 0.4) is 0 Å². The van der Waals surface area contributed by atoms with Crippen LogP contribution in [0.1, 0.15) is 99.8 Å². The van der Waals surface area contributed by atoms with Crippen molar-refractivity contribution in [3.05, 3.63) is 11.6 Å². The topological polar surface area (TPSA) is 118 Å². The molecule has 5 aliphatic rings. The molecule has 4 saturated carbocycles. The van der Waals surface area contributed by atoms with Crippen molar-refractivity contribution < 1.29 is 30.3 Å². The zero-order valence-electron chi connectivity index (χ0n) is 23.9. The average molecular weight is 519 g/mol. The molecule has 4 fully saturated rings. The summed E-state index contributed by atoms with van der Waals surface area (Å²) in [5.41, 5.74) is -1.20. The van der Waals surface area contributed by atoms with Crippen LogP contribution < -0.4 is 0 Å². The molecule has 37 heavy (non-hydrogen) atoms. The molecule has 0 amide bonds. The summed E-state index contributed by atoms with van der Waals surface area (Å²) in [5.74, 6) is -0.537. The fourth-order valence-electron chi connectivity index (χ4n) is 11.2. The van der Waals surface area contributed by atoms with Gasteiger partial charge in [0.15, 0.2) is 0 Å². The molecule has 0 aromatic heterocycles. The van der Waals surface area contributed by atoms with E-state index in [0.717, 1.165) is 32.1 Å². The van der Waals surface area contributed by atoms with E-state index in [0.29, 0.717) is 24.7 Å². The smallest absolute Gasteiger partial charge is 0.304 e. The Labute approximate surface area is 222 Å². The Bertz CT molecular complexity index is 1000. The normalized spacial score (nSPS) is 54.1. The minimum atomic E-state index is -1.31. The number of aliphatic hydroxyl groups is 4. The van der Waals surface area contributed by atoms with Crippen LogP contribution in [0.15, 0.2) is 11.6 Å². The Hall–Kier alpha value is -0.950. The van der Waals surface area contributed by atoms with Crippen molar-refractivity contribution in [3.63, 3.8) is 0 Å². The lowest BCUT2D eigenvalue weighted by atomic mass is 9.33. The van der Waals surface area contributed by atoms with E-state index in [4.69, 9.17) is 0 Å². The minimum absolute atomic E-state index is 0.0723. The molecule has 0 aliphatic heterocycles. The van der Waals surface area contributed by atoms with Crippen LogP contribution in [0.25, 0.3) is 0 Å². The van der Waals surface area contributed by atoms with Gasteiger partial charge in [0.1, 0.15) is 0 Å². The van der Waals surface area contributed by atoms with E-state index in [-0.39, 0.29) is 40.1 Å². The first-order chi connectivity index (χ1) is 16.9. The second-order valence-electron chi connectivity index (χ2n) is 15.7. The van der Waals surface area contributed by atoms with Gasteiger partial charge in [-0.2, -0.15) is 0 Å². The van der Waals surface area contributed by atoms with Crippen LogP contribution in [-0.2, 0) is 4.79 Å². The Morgan fingerprint density at radius 3 is 2.14 bits per heavy atom. The average Bonchev–Trinajstić information content (AvgIpc) is 2.77. The summed E-state index contributed by atoms with van der Waals surface area (Å²) in [4.78, 5) is 12.2. The van der Waals surface area contributed by atoms with Gasteiger partial charge in [-0.25, -0.2) is 0 Å². The quantitative estimate of drug-likeness (QED) is 0.343. The van der Waals surface area contributed by atoms with Gasteiger partial charge in [0.05, 0.1) is 30.8 Å². The number of hydrogen-bond acceptors (Lipinski definition) is 5. The van der Waals surface area contributed by atoms with E-state index in [1.807, 2.05) is 13.8 Å². The van der Waals surface area contributed by atoms with Gasteiger partial charge in [0.2, 0.25) is 0 Å². The minimum Gasteiger partial charge on any atom is -0.481 e. The molecule has 0 heterocycles. The summed E-state index contributed by atoms with van der Waals surface area (Å²) in [6.45, 7) is 15.5. The molecule has 6 nitrogen and oxygen atoms in total. The summed E-state index contributed by atoms with van der Waals surface area (Å²) < 4.78 is 0. The van der Waals surface area contributed by atoms with Gasteiger partial charge in [-0.1, -0.05) is 60.1 Å².